The summed E-state index contributed by atoms with van der Waals surface area (Å²) in [6, 6.07) is 0. The molecule has 2 aromatic rings. The highest BCUT2D eigenvalue weighted by molar-refractivity contribution is 8.14. The van der Waals surface area contributed by atoms with Crippen LogP contribution in [0.5, 0.6) is 0 Å². The maximum absolute atomic E-state index is 12.7. The van der Waals surface area contributed by atoms with Crippen molar-refractivity contribution >= 4 is 69.1 Å². The van der Waals surface area contributed by atoms with E-state index in [9.17, 15) is 57.9 Å². The molecular weight excluding hydrogens is 831 g/mol. The van der Waals surface area contributed by atoms with Crippen LogP contribution in [-0.2, 0) is 50.7 Å². The number of amides is 2. The largest absolute Gasteiger partial charge is 0.481 e. The minimum atomic E-state index is -5.57. The van der Waals surface area contributed by atoms with Gasteiger partial charge in [-0.05, 0) is 12.8 Å². The molecule has 2 aromatic heterocycles. The zero-order valence-electron chi connectivity index (χ0n) is 29.7. The Kier molecular flexibility index (Phi) is 15.7. The van der Waals surface area contributed by atoms with Crippen LogP contribution < -0.4 is 16.4 Å². The Balaban J connectivity index is 1.23. The van der Waals surface area contributed by atoms with Crippen LogP contribution in [0.4, 0.5) is 5.82 Å². The summed E-state index contributed by atoms with van der Waals surface area (Å²) in [4.78, 5) is 87.8. The fourth-order valence-corrected chi connectivity index (χ4v) is 8.70. The number of thioether (sulfide) groups is 1. The van der Waals surface area contributed by atoms with Crippen LogP contribution in [0.2, 0.25) is 0 Å². The molecule has 3 heterocycles. The average Bonchev–Trinajstić information content (AvgIpc) is 3.68. The first-order valence-electron chi connectivity index (χ1n) is 16.5. The number of nitrogen functional groups attached to an aromatic ring is 1. The molecule has 1 fully saturated rings. The van der Waals surface area contributed by atoms with Gasteiger partial charge in [0.05, 0.1) is 19.5 Å². The van der Waals surface area contributed by atoms with E-state index in [1.54, 1.807) is 0 Å². The van der Waals surface area contributed by atoms with Crippen molar-refractivity contribution < 1.29 is 80.5 Å². The summed E-state index contributed by atoms with van der Waals surface area (Å²) in [5.74, 6) is -1.11. The van der Waals surface area contributed by atoms with E-state index in [4.69, 9.17) is 19.5 Å². The number of hydrogen-bond acceptors (Lipinski definition) is 18. The Hall–Kier alpha value is -2.96. The summed E-state index contributed by atoms with van der Waals surface area (Å²) >= 11 is 1.07. The number of nitrogens with zero attached hydrogens (tertiary/aromatic N) is 4. The van der Waals surface area contributed by atoms with Crippen molar-refractivity contribution in [3.05, 3.63) is 36.5 Å². The lowest BCUT2D eigenvalue weighted by molar-refractivity contribution is -0.137. The molecule has 1 saturated heterocycles. The van der Waals surface area contributed by atoms with Crippen LogP contribution >= 0.6 is 35.2 Å². The van der Waals surface area contributed by atoms with Gasteiger partial charge in [-0.3, -0.25) is 32.5 Å². The molecule has 0 saturated carbocycles. The molecule has 0 aromatic carbocycles. The van der Waals surface area contributed by atoms with Crippen molar-refractivity contribution in [1.82, 2.24) is 30.2 Å². The minimum absolute atomic E-state index is 0.0306. The van der Waals surface area contributed by atoms with E-state index in [1.807, 2.05) is 18.2 Å². The number of allylic oxidation sites excluding steroid dienone is 3. The van der Waals surface area contributed by atoms with Crippen molar-refractivity contribution in [1.29, 1.82) is 0 Å². The highest BCUT2D eigenvalue weighted by atomic mass is 32.2. The van der Waals surface area contributed by atoms with Gasteiger partial charge in [0.15, 0.2) is 17.7 Å². The molecule has 2 amide bonds. The maximum atomic E-state index is 12.7. The Morgan fingerprint density at radius 1 is 1.07 bits per heavy atom. The number of aliphatic hydroxyl groups excluding tert-OH is 2. The quantitative estimate of drug-likeness (QED) is 0.0478. The molecular formula is C28H42N7O17P3S. The van der Waals surface area contributed by atoms with E-state index in [2.05, 4.69) is 34.4 Å². The van der Waals surface area contributed by atoms with Crippen LogP contribution in [0.25, 0.3) is 11.2 Å². The zero-order valence-corrected chi connectivity index (χ0v) is 33.2. The van der Waals surface area contributed by atoms with Crippen molar-refractivity contribution in [2.45, 2.75) is 63.8 Å². The van der Waals surface area contributed by atoms with Gasteiger partial charge >= 0.3 is 23.5 Å². The monoisotopic (exact) mass is 873 g/mol. The summed E-state index contributed by atoms with van der Waals surface area (Å²) in [7, 11) is -16.4. The van der Waals surface area contributed by atoms with Crippen molar-refractivity contribution in [3.8, 4) is 0 Å². The number of carbonyl (C=O) groups excluding carboxylic acids is 3. The first-order chi connectivity index (χ1) is 26.1. The SMILES string of the molecule is CC(C)(COP(=O)(O)OP(=O)(O)OC[C@H]1O[C@@H](n2cnc3c(N)ncnc32)[C@H](O)[C@@H]1OP(=O)(O)O)[C@@H](O)C(=O)NCCC(=O)NCCSC(=O)C1=CCC=CC1. The predicted octanol–water partition coefficient (Wildman–Crippen LogP) is -0.0589. The number of anilines is 1. The number of imidazole rings is 1. The van der Waals surface area contributed by atoms with Crippen LogP contribution in [-0.4, -0.2) is 123 Å². The van der Waals surface area contributed by atoms with Crippen LogP contribution in [0.15, 0.2) is 36.5 Å². The fraction of sp³-hybridized carbons (Fsp3) is 0.571. The van der Waals surface area contributed by atoms with Gasteiger partial charge in [0, 0.05) is 36.3 Å². The molecule has 0 bridgehead atoms. The van der Waals surface area contributed by atoms with Crippen LogP contribution in [0.3, 0.4) is 0 Å². The molecule has 4 rings (SSSR count). The number of fused-ring (bicyclic) bond motifs is 1. The third-order valence-corrected chi connectivity index (χ3v) is 12.0. The lowest BCUT2D eigenvalue weighted by Gasteiger charge is -2.30. The molecule has 1 aliphatic carbocycles. The van der Waals surface area contributed by atoms with Gasteiger partial charge in [-0.25, -0.2) is 28.6 Å². The molecule has 2 aliphatic rings. The summed E-state index contributed by atoms with van der Waals surface area (Å²) in [5, 5.41) is 26.3. The summed E-state index contributed by atoms with van der Waals surface area (Å²) in [6.45, 7) is 0.496. The molecule has 0 spiro atoms. The molecule has 1 aliphatic heterocycles. The number of rotatable bonds is 20. The standard InChI is InChI=1S/C28H42N7O17P3S/c1-28(2,22(38)25(39)31-9-8-18(36)30-10-11-56-27(40)16-6-4-3-5-7-16)13-49-55(46,47)52-54(44,45)48-12-17-21(51-53(41,42)43)20(37)26(50-17)35-15-34-19-23(29)32-14-33-24(19)35/h3-4,7,14-15,17,20-22,26,37-38H,5-6,8-13H2,1-2H3,(H,30,36)(H,31,39)(H,44,45)(H,46,47)(H2,29,32,33)(H2,41,42,43)/t17-,20-,21-,22+,26-/m1/s1. The Bertz CT molecular complexity index is 1960. The van der Waals surface area contributed by atoms with Crippen molar-refractivity contribution in [3.63, 3.8) is 0 Å². The molecule has 28 heteroatoms. The number of nitrogens with one attached hydrogen (secondary N) is 2. The molecule has 0 radical (unpaired) electrons. The molecule has 24 nitrogen and oxygen atoms in total. The highest BCUT2D eigenvalue weighted by Crippen LogP contribution is 2.61. The lowest BCUT2D eigenvalue weighted by Crippen LogP contribution is -2.46. The van der Waals surface area contributed by atoms with Gasteiger partial charge in [-0.1, -0.05) is 43.8 Å². The lowest BCUT2D eigenvalue weighted by atomic mass is 9.87. The second-order valence-corrected chi connectivity index (χ2v) is 18.1. The number of aliphatic hydroxyl groups is 2. The number of aromatic nitrogens is 4. The topological polar surface area (TPSA) is 364 Å². The fourth-order valence-electron chi connectivity index (χ4n) is 5.13. The first kappa shape index (κ1) is 45.7. The van der Waals surface area contributed by atoms with Gasteiger partial charge in [-0.2, -0.15) is 4.31 Å². The third-order valence-electron chi connectivity index (χ3n) is 8.00. The van der Waals surface area contributed by atoms with E-state index >= 15 is 0 Å². The smallest absolute Gasteiger partial charge is 0.386 e. The Labute approximate surface area is 322 Å². The molecule has 2 unspecified atom stereocenters. The normalized spacial score (nSPS) is 22.9. The Morgan fingerprint density at radius 3 is 2.46 bits per heavy atom. The Morgan fingerprint density at radius 2 is 1.79 bits per heavy atom. The van der Waals surface area contributed by atoms with Crippen molar-refractivity contribution in [2.24, 2.45) is 5.41 Å². The summed E-state index contributed by atoms with van der Waals surface area (Å²) in [5.41, 5.74) is 4.97. The summed E-state index contributed by atoms with van der Waals surface area (Å²) in [6.07, 6.45) is 0.0720. The number of phosphoric ester groups is 3. The first-order valence-corrected chi connectivity index (χ1v) is 22.0. The second-order valence-electron chi connectivity index (χ2n) is 12.8. The molecule has 10 N–H and O–H groups in total. The number of phosphoric acid groups is 3. The number of hydrogen-bond donors (Lipinski definition) is 9. The van der Waals surface area contributed by atoms with Gasteiger partial charge in [-0.15, -0.1) is 0 Å². The van der Waals surface area contributed by atoms with Gasteiger partial charge in [0.1, 0.15) is 36.3 Å². The maximum Gasteiger partial charge on any atom is 0.481 e. The van der Waals surface area contributed by atoms with E-state index in [1.165, 1.54) is 13.8 Å². The summed E-state index contributed by atoms with van der Waals surface area (Å²) < 4.78 is 62.1. The van der Waals surface area contributed by atoms with Gasteiger partial charge in [0.2, 0.25) is 16.9 Å². The van der Waals surface area contributed by atoms with E-state index in [0.29, 0.717) is 24.2 Å². The van der Waals surface area contributed by atoms with Gasteiger partial charge < -0.3 is 50.9 Å². The number of carbonyl (C=O) groups is 3. The third kappa shape index (κ3) is 13.0. The van der Waals surface area contributed by atoms with Crippen LogP contribution in [0, 0.1) is 5.41 Å². The highest BCUT2D eigenvalue weighted by Gasteiger charge is 2.50. The van der Waals surface area contributed by atoms with Crippen LogP contribution in [0.1, 0.15) is 39.3 Å². The number of ether oxygens (including phenoxy) is 1. The predicted molar refractivity (Wildman–Crippen MR) is 194 cm³/mol. The van der Waals surface area contributed by atoms with E-state index < -0.39 is 84.6 Å². The average molecular weight is 874 g/mol. The van der Waals surface area contributed by atoms with E-state index in [-0.39, 0.29) is 41.6 Å². The minimum Gasteiger partial charge on any atom is -0.386 e. The zero-order chi connectivity index (χ0) is 41.5. The van der Waals surface area contributed by atoms with Crippen molar-refractivity contribution in [2.75, 3.05) is 37.8 Å². The van der Waals surface area contributed by atoms with Gasteiger partial charge in [0.25, 0.3) is 0 Å². The number of nitrogens with two attached hydrogens (primary N) is 1. The second kappa shape index (κ2) is 19.2. The molecule has 7 atom stereocenters. The molecule has 56 heavy (non-hydrogen) atoms. The molecule has 312 valence electrons. The van der Waals surface area contributed by atoms with E-state index in [0.717, 1.165) is 29.0 Å².